The summed E-state index contributed by atoms with van der Waals surface area (Å²) in [6, 6.07) is 15.3. The van der Waals surface area contributed by atoms with Gasteiger partial charge in [0.2, 0.25) is 5.91 Å². The second-order valence-electron chi connectivity index (χ2n) is 8.81. The summed E-state index contributed by atoms with van der Waals surface area (Å²) in [4.78, 5) is 36.5. The summed E-state index contributed by atoms with van der Waals surface area (Å²) in [5, 5.41) is 14.6. The number of benzene rings is 2. The van der Waals surface area contributed by atoms with Gasteiger partial charge in [-0.25, -0.2) is 9.59 Å². The number of carboxylic acids is 1. The summed E-state index contributed by atoms with van der Waals surface area (Å²) in [7, 11) is 0. The highest BCUT2D eigenvalue weighted by Gasteiger charge is 2.35. The van der Waals surface area contributed by atoms with Crippen molar-refractivity contribution in [1.82, 2.24) is 10.6 Å². The average Bonchev–Trinajstić information content (AvgIpc) is 3.10. The third kappa shape index (κ3) is 4.87. The van der Waals surface area contributed by atoms with Crippen molar-refractivity contribution in [1.29, 1.82) is 0 Å². The highest BCUT2D eigenvalue weighted by atomic mass is 16.5. The Morgan fingerprint density at radius 2 is 1.64 bits per heavy atom. The van der Waals surface area contributed by atoms with Gasteiger partial charge in [0.15, 0.2) is 0 Å². The van der Waals surface area contributed by atoms with Gasteiger partial charge in [-0.05, 0) is 47.4 Å². The molecule has 174 valence electrons. The Bertz CT molecular complexity index is 987. The molecule has 2 aromatic rings. The quantitative estimate of drug-likeness (QED) is 0.537. The topological polar surface area (TPSA) is 105 Å². The van der Waals surface area contributed by atoms with Crippen LogP contribution in [0.25, 0.3) is 11.1 Å². The SMILES string of the molecule is CC[C@H](NC(=O)C(CNC(=O)OCC1c2ccccc2-c2ccccc21)C1CCC1)C(=O)O. The van der Waals surface area contributed by atoms with Crippen LogP contribution in [0, 0.1) is 11.8 Å². The first-order valence-electron chi connectivity index (χ1n) is 11.6. The lowest BCUT2D eigenvalue weighted by molar-refractivity contribution is -0.143. The smallest absolute Gasteiger partial charge is 0.407 e. The van der Waals surface area contributed by atoms with Gasteiger partial charge in [0.05, 0.1) is 5.92 Å². The third-order valence-electron chi connectivity index (χ3n) is 6.89. The summed E-state index contributed by atoms with van der Waals surface area (Å²) < 4.78 is 5.57. The predicted octanol–water partition coefficient (Wildman–Crippen LogP) is 3.92. The molecule has 7 nitrogen and oxygen atoms in total. The summed E-state index contributed by atoms with van der Waals surface area (Å²) in [6.45, 7) is 2.05. The van der Waals surface area contributed by atoms with E-state index in [2.05, 4.69) is 34.9 Å². The van der Waals surface area contributed by atoms with Crippen molar-refractivity contribution in [3.8, 4) is 11.1 Å². The Hall–Kier alpha value is -3.35. The maximum Gasteiger partial charge on any atom is 0.407 e. The van der Waals surface area contributed by atoms with E-state index in [4.69, 9.17) is 4.74 Å². The van der Waals surface area contributed by atoms with Gasteiger partial charge in [-0.3, -0.25) is 4.79 Å². The third-order valence-corrected chi connectivity index (χ3v) is 6.89. The number of nitrogens with one attached hydrogen (secondary N) is 2. The second kappa shape index (κ2) is 10.1. The maximum absolute atomic E-state index is 12.7. The van der Waals surface area contributed by atoms with Crippen molar-refractivity contribution in [2.75, 3.05) is 13.2 Å². The van der Waals surface area contributed by atoms with Crippen molar-refractivity contribution in [3.63, 3.8) is 0 Å². The first kappa shape index (κ1) is 22.8. The Balaban J connectivity index is 1.35. The lowest BCUT2D eigenvalue weighted by atomic mass is 9.75. The zero-order valence-corrected chi connectivity index (χ0v) is 18.8. The lowest BCUT2D eigenvalue weighted by Gasteiger charge is -2.33. The van der Waals surface area contributed by atoms with Gasteiger partial charge in [0.1, 0.15) is 12.6 Å². The first-order valence-corrected chi connectivity index (χ1v) is 11.6. The van der Waals surface area contributed by atoms with E-state index in [1.54, 1.807) is 6.92 Å². The van der Waals surface area contributed by atoms with Gasteiger partial charge in [0, 0.05) is 12.5 Å². The number of amides is 2. The number of hydrogen-bond donors (Lipinski definition) is 3. The average molecular weight is 451 g/mol. The van der Waals surface area contributed by atoms with Crippen molar-refractivity contribution < 1.29 is 24.2 Å². The largest absolute Gasteiger partial charge is 0.480 e. The molecule has 0 aliphatic heterocycles. The van der Waals surface area contributed by atoms with Gasteiger partial charge in [-0.15, -0.1) is 0 Å². The van der Waals surface area contributed by atoms with Gasteiger partial charge >= 0.3 is 12.1 Å². The standard InChI is InChI=1S/C26H30N2O5/c1-2-23(25(30)31)28-24(29)21(16-8-7-9-16)14-27-26(32)33-15-22-19-12-5-3-10-17(19)18-11-4-6-13-20(18)22/h3-6,10-13,16,21-23H,2,7-9,14-15H2,1H3,(H,27,32)(H,28,29)(H,30,31)/t21?,23-/m0/s1. The molecule has 0 bridgehead atoms. The molecule has 1 fully saturated rings. The molecule has 1 unspecified atom stereocenters. The molecule has 0 radical (unpaired) electrons. The van der Waals surface area contributed by atoms with E-state index < -0.39 is 24.0 Å². The van der Waals surface area contributed by atoms with Crippen LogP contribution in [-0.2, 0) is 14.3 Å². The van der Waals surface area contributed by atoms with Crippen LogP contribution in [0.5, 0.6) is 0 Å². The maximum atomic E-state index is 12.7. The number of fused-ring (bicyclic) bond motifs is 3. The predicted molar refractivity (Wildman–Crippen MR) is 124 cm³/mol. The number of ether oxygens (including phenoxy) is 1. The number of alkyl carbamates (subject to hydrolysis) is 1. The van der Waals surface area contributed by atoms with Crippen LogP contribution < -0.4 is 10.6 Å². The summed E-state index contributed by atoms with van der Waals surface area (Å²) in [5.41, 5.74) is 4.59. The molecule has 1 saturated carbocycles. The van der Waals surface area contributed by atoms with Crippen LogP contribution >= 0.6 is 0 Å². The van der Waals surface area contributed by atoms with E-state index in [-0.39, 0.29) is 30.9 Å². The number of carbonyl (C=O) groups is 3. The zero-order chi connectivity index (χ0) is 23.4. The molecule has 3 N–H and O–H groups in total. The minimum absolute atomic E-state index is 0.0326. The molecule has 2 amide bonds. The number of hydrogen-bond acceptors (Lipinski definition) is 4. The van der Waals surface area contributed by atoms with Crippen molar-refractivity contribution in [2.45, 2.75) is 44.6 Å². The van der Waals surface area contributed by atoms with E-state index in [0.717, 1.165) is 41.5 Å². The lowest BCUT2D eigenvalue weighted by Crippen LogP contribution is -2.49. The van der Waals surface area contributed by atoms with Crippen molar-refractivity contribution >= 4 is 18.0 Å². The first-order chi connectivity index (χ1) is 16.0. The van der Waals surface area contributed by atoms with E-state index in [9.17, 15) is 19.5 Å². The number of carboxylic acid groups (broad SMARTS) is 1. The fourth-order valence-electron chi connectivity index (χ4n) is 4.78. The van der Waals surface area contributed by atoms with E-state index in [1.165, 1.54) is 0 Å². The van der Waals surface area contributed by atoms with E-state index >= 15 is 0 Å². The van der Waals surface area contributed by atoms with Gasteiger partial charge in [-0.2, -0.15) is 0 Å². The number of aliphatic carboxylic acids is 1. The Labute approximate surface area is 193 Å². The monoisotopic (exact) mass is 450 g/mol. The molecule has 4 rings (SSSR count). The van der Waals surface area contributed by atoms with Crippen LogP contribution in [0.15, 0.2) is 48.5 Å². The van der Waals surface area contributed by atoms with Crippen LogP contribution in [0.4, 0.5) is 4.79 Å². The second-order valence-corrected chi connectivity index (χ2v) is 8.81. The summed E-state index contributed by atoms with van der Waals surface area (Å²) >= 11 is 0. The van der Waals surface area contributed by atoms with Crippen molar-refractivity contribution in [3.05, 3.63) is 59.7 Å². The number of rotatable bonds is 9. The molecule has 0 saturated heterocycles. The highest BCUT2D eigenvalue weighted by molar-refractivity contribution is 5.85. The molecule has 0 aromatic heterocycles. The molecule has 7 heteroatoms. The fourth-order valence-corrected chi connectivity index (χ4v) is 4.78. The Kier molecular flexibility index (Phi) is 6.96. The fraction of sp³-hybridized carbons (Fsp3) is 0.423. The minimum atomic E-state index is -1.05. The molecule has 33 heavy (non-hydrogen) atoms. The Morgan fingerprint density at radius 1 is 1.03 bits per heavy atom. The van der Waals surface area contributed by atoms with Crippen LogP contribution in [-0.4, -0.2) is 42.3 Å². The summed E-state index contributed by atoms with van der Waals surface area (Å²) in [5.74, 6) is -1.73. The van der Waals surface area contributed by atoms with Crippen LogP contribution in [0.2, 0.25) is 0 Å². The van der Waals surface area contributed by atoms with Gasteiger partial charge in [0.25, 0.3) is 0 Å². The molecular weight excluding hydrogens is 420 g/mol. The van der Waals surface area contributed by atoms with Crippen LogP contribution in [0.3, 0.4) is 0 Å². The molecule has 0 heterocycles. The molecule has 0 spiro atoms. The molecule has 2 aromatic carbocycles. The Morgan fingerprint density at radius 3 is 2.15 bits per heavy atom. The highest BCUT2D eigenvalue weighted by Crippen LogP contribution is 2.44. The molecule has 2 atom stereocenters. The molecule has 2 aliphatic carbocycles. The van der Waals surface area contributed by atoms with Crippen LogP contribution in [0.1, 0.15) is 49.7 Å². The molecule has 2 aliphatic rings. The normalized spacial score (nSPS) is 16.6. The summed E-state index contributed by atoms with van der Waals surface area (Å²) in [6.07, 6.45) is 2.57. The van der Waals surface area contributed by atoms with Gasteiger partial charge in [-0.1, -0.05) is 61.9 Å². The zero-order valence-electron chi connectivity index (χ0n) is 18.8. The minimum Gasteiger partial charge on any atom is -0.480 e. The van der Waals surface area contributed by atoms with E-state index in [0.29, 0.717) is 6.42 Å². The van der Waals surface area contributed by atoms with Crippen molar-refractivity contribution in [2.24, 2.45) is 11.8 Å². The van der Waals surface area contributed by atoms with Gasteiger partial charge < -0.3 is 20.5 Å². The molecular formula is C26H30N2O5. The number of carbonyl (C=O) groups excluding carboxylic acids is 2. The van der Waals surface area contributed by atoms with E-state index in [1.807, 2.05) is 24.3 Å².